The van der Waals surface area contributed by atoms with Crippen LogP contribution in [0, 0.1) is 6.92 Å². The van der Waals surface area contributed by atoms with Gasteiger partial charge in [-0.3, -0.25) is 9.48 Å². The smallest absolute Gasteiger partial charge is 0.254 e. The van der Waals surface area contributed by atoms with Crippen LogP contribution in [-0.4, -0.2) is 26.9 Å². The summed E-state index contributed by atoms with van der Waals surface area (Å²) in [5.41, 5.74) is 0.823. The molecule has 1 aromatic rings. The van der Waals surface area contributed by atoms with Crippen molar-refractivity contribution in [3.05, 3.63) is 11.8 Å². The van der Waals surface area contributed by atoms with Gasteiger partial charge >= 0.3 is 0 Å². The topological polar surface area (TPSA) is 67.2 Å². The van der Waals surface area contributed by atoms with E-state index in [2.05, 4.69) is 10.4 Å². The van der Waals surface area contributed by atoms with Crippen LogP contribution in [0.25, 0.3) is 0 Å². The summed E-state index contributed by atoms with van der Waals surface area (Å²) in [6.45, 7) is 3.25. The van der Waals surface area contributed by atoms with E-state index >= 15 is 0 Å². The summed E-state index contributed by atoms with van der Waals surface area (Å²) in [6, 6.07) is 1.74. The van der Waals surface area contributed by atoms with Crippen LogP contribution in [0.15, 0.2) is 6.07 Å². The van der Waals surface area contributed by atoms with Gasteiger partial charge in [0.2, 0.25) is 0 Å². The lowest BCUT2D eigenvalue weighted by Gasteiger charge is -2.05. The van der Waals surface area contributed by atoms with E-state index in [-0.39, 0.29) is 0 Å². The van der Waals surface area contributed by atoms with Crippen LogP contribution in [0.3, 0.4) is 0 Å². The zero-order chi connectivity index (χ0) is 10.0. The van der Waals surface area contributed by atoms with Crippen molar-refractivity contribution >= 4 is 11.7 Å². The van der Waals surface area contributed by atoms with Crippen LogP contribution >= 0.6 is 0 Å². The Hall–Kier alpha value is -1.36. The minimum absolute atomic E-state index is 0.428. The number of rotatable bonds is 2. The number of nitrogens with zero attached hydrogens (tertiary/aromatic N) is 2. The van der Waals surface area contributed by atoms with Crippen molar-refractivity contribution in [3.8, 4) is 0 Å². The molecule has 0 fully saturated rings. The van der Waals surface area contributed by atoms with Crippen LogP contribution in [-0.2, 0) is 11.8 Å². The molecule has 1 aromatic heterocycles. The molecule has 0 aliphatic heterocycles. The van der Waals surface area contributed by atoms with E-state index in [9.17, 15) is 4.79 Å². The van der Waals surface area contributed by atoms with Crippen molar-refractivity contribution in [1.29, 1.82) is 0 Å². The highest BCUT2D eigenvalue weighted by molar-refractivity contribution is 5.92. The van der Waals surface area contributed by atoms with Gasteiger partial charge in [0.15, 0.2) is 0 Å². The van der Waals surface area contributed by atoms with Gasteiger partial charge in [-0.15, -0.1) is 0 Å². The molecule has 1 amide bonds. The monoisotopic (exact) mass is 183 g/mol. The molecule has 0 unspecified atom stereocenters. The summed E-state index contributed by atoms with van der Waals surface area (Å²) >= 11 is 0. The van der Waals surface area contributed by atoms with E-state index in [4.69, 9.17) is 5.11 Å². The van der Waals surface area contributed by atoms with Gasteiger partial charge in [-0.25, -0.2) is 0 Å². The molecule has 0 spiro atoms. The summed E-state index contributed by atoms with van der Waals surface area (Å²) in [7, 11) is 1.73. The molecule has 1 atom stereocenters. The number of aryl methyl sites for hydroxylation is 2. The third kappa shape index (κ3) is 2.29. The van der Waals surface area contributed by atoms with Crippen LogP contribution < -0.4 is 5.32 Å². The summed E-state index contributed by atoms with van der Waals surface area (Å²) in [5.74, 6) is 0.159. The number of nitrogens with one attached hydrogen (secondary N) is 1. The van der Waals surface area contributed by atoms with Crippen molar-refractivity contribution in [2.75, 3.05) is 5.32 Å². The first-order chi connectivity index (χ1) is 6.00. The fourth-order valence-electron chi connectivity index (χ4n) is 0.958. The second-order valence-electron chi connectivity index (χ2n) is 2.96. The molecular formula is C8H13N3O2. The Kier molecular flexibility index (Phi) is 2.67. The Morgan fingerprint density at radius 3 is 2.77 bits per heavy atom. The van der Waals surface area contributed by atoms with Gasteiger partial charge in [0.05, 0.1) is 5.69 Å². The van der Waals surface area contributed by atoms with Crippen LogP contribution in [0.2, 0.25) is 0 Å². The number of aliphatic hydroxyl groups is 1. The first-order valence-corrected chi connectivity index (χ1v) is 4.00. The van der Waals surface area contributed by atoms with Crippen molar-refractivity contribution in [2.24, 2.45) is 7.05 Å². The highest BCUT2D eigenvalue weighted by atomic mass is 16.3. The van der Waals surface area contributed by atoms with Crippen molar-refractivity contribution in [1.82, 2.24) is 9.78 Å². The summed E-state index contributed by atoms with van der Waals surface area (Å²) in [4.78, 5) is 11.1. The number of anilines is 1. The highest BCUT2D eigenvalue weighted by Crippen LogP contribution is 2.07. The minimum Gasteiger partial charge on any atom is -0.384 e. The van der Waals surface area contributed by atoms with Gasteiger partial charge in [0.25, 0.3) is 5.91 Å². The standard InChI is InChI=1S/C8H13N3O2/c1-5-4-7(11(3)10-5)9-8(13)6(2)12/h4,6,12H,1-3H3,(H,9,13)/t6-/m1/s1. The predicted molar refractivity (Wildman–Crippen MR) is 48.3 cm³/mol. The van der Waals surface area contributed by atoms with Crippen molar-refractivity contribution in [3.63, 3.8) is 0 Å². The molecule has 0 aliphatic carbocycles. The Bertz CT molecular complexity index is 317. The predicted octanol–water partition coefficient (Wildman–Crippen LogP) is 0.0478. The lowest BCUT2D eigenvalue weighted by molar-refractivity contribution is -0.123. The molecule has 2 N–H and O–H groups in total. The molecule has 5 heteroatoms. The van der Waals surface area contributed by atoms with Gasteiger partial charge in [0.1, 0.15) is 11.9 Å². The maximum Gasteiger partial charge on any atom is 0.254 e. The Morgan fingerprint density at radius 1 is 1.77 bits per heavy atom. The van der Waals surface area contributed by atoms with Crippen LogP contribution in [0.5, 0.6) is 0 Å². The van der Waals surface area contributed by atoms with Gasteiger partial charge in [0, 0.05) is 13.1 Å². The molecule has 0 saturated heterocycles. The van der Waals surface area contributed by atoms with Gasteiger partial charge in [-0.05, 0) is 13.8 Å². The third-order valence-electron chi connectivity index (χ3n) is 1.63. The van der Waals surface area contributed by atoms with Crippen molar-refractivity contribution in [2.45, 2.75) is 20.0 Å². The van der Waals surface area contributed by atoms with E-state index < -0.39 is 12.0 Å². The lowest BCUT2D eigenvalue weighted by atomic mass is 10.4. The number of amides is 1. The third-order valence-corrected chi connectivity index (χ3v) is 1.63. The SMILES string of the molecule is Cc1cc(NC(=O)[C@@H](C)O)n(C)n1. The number of aromatic nitrogens is 2. The molecule has 0 aliphatic rings. The Balaban J connectivity index is 2.74. The van der Waals surface area contributed by atoms with Gasteiger partial charge in [-0.1, -0.05) is 0 Å². The van der Waals surface area contributed by atoms with Gasteiger partial charge in [-0.2, -0.15) is 5.10 Å². The fraction of sp³-hybridized carbons (Fsp3) is 0.500. The summed E-state index contributed by atoms with van der Waals surface area (Å²) in [6.07, 6.45) is -1.00. The molecule has 0 aromatic carbocycles. The number of carbonyl (C=O) groups is 1. The largest absolute Gasteiger partial charge is 0.384 e. The van der Waals surface area contributed by atoms with Crippen LogP contribution in [0.4, 0.5) is 5.82 Å². The molecule has 0 radical (unpaired) electrons. The average Bonchev–Trinajstić information content (AvgIpc) is 2.30. The number of carbonyl (C=O) groups excluding carboxylic acids is 1. The average molecular weight is 183 g/mol. The normalized spacial score (nSPS) is 12.6. The molecule has 0 bridgehead atoms. The second kappa shape index (κ2) is 3.57. The summed E-state index contributed by atoms with van der Waals surface area (Å²) in [5, 5.41) is 15.5. The van der Waals surface area contributed by atoms with Crippen LogP contribution in [0.1, 0.15) is 12.6 Å². The molecule has 5 nitrogen and oxygen atoms in total. The molecule has 1 rings (SSSR count). The second-order valence-corrected chi connectivity index (χ2v) is 2.96. The fourth-order valence-corrected chi connectivity index (χ4v) is 0.958. The number of hydrogen-bond donors (Lipinski definition) is 2. The number of aliphatic hydroxyl groups excluding tert-OH is 1. The minimum atomic E-state index is -1.00. The zero-order valence-electron chi connectivity index (χ0n) is 7.90. The Morgan fingerprint density at radius 2 is 2.38 bits per heavy atom. The molecule has 72 valence electrons. The molecule has 13 heavy (non-hydrogen) atoms. The summed E-state index contributed by atoms with van der Waals surface area (Å²) < 4.78 is 1.55. The first-order valence-electron chi connectivity index (χ1n) is 4.00. The quantitative estimate of drug-likeness (QED) is 0.680. The van der Waals surface area contributed by atoms with E-state index in [0.29, 0.717) is 5.82 Å². The highest BCUT2D eigenvalue weighted by Gasteiger charge is 2.11. The van der Waals surface area contributed by atoms with Crippen molar-refractivity contribution < 1.29 is 9.90 Å². The first kappa shape index (κ1) is 9.73. The molecule has 1 heterocycles. The Labute approximate surface area is 76.4 Å². The molecule has 0 saturated carbocycles. The van der Waals surface area contributed by atoms with E-state index in [0.717, 1.165) is 5.69 Å². The van der Waals surface area contributed by atoms with E-state index in [1.54, 1.807) is 17.8 Å². The van der Waals surface area contributed by atoms with E-state index in [1.807, 2.05) is 6.92 Å². The maximum atomic E-state index is 11.1. The molecular weight excluding hydrogens is 170 g/mol. The zero-order valence-corrected chi connectivity index (χ0v) is 7.90. The van der Waals surface area contributed by atoms with Gasteiger partial charge < -0.3 is 10.4 Å². The van der Waals surface area contributed by atoms with E-state index in [1.165, 1.54) is 6.92 Å². The number of hydrogen-bond acceptors (Lipinski definition) is 3. The maximum absolute atomic E-state index is 11.1. The lowest BCUT2D eigenvalue weighted by Crippen LogP contribution is -2.25.